The molecule has 77 heavy (non-hydrogen) atoms. The second-order valence-electron chi connectivity index (χ2n) is 20.3. The quantitative estimate of drug-likeness (QED) is 0.139. The van der Waals surface area contributed by atoms with Gasteiger partial charge in [0.05, 0.1) is 11.1 Å². The highest BCUT2D eigenvalue weighted by Crippen LogP contribution is 2.57. The molecule has 0 aliphatic heterocycles. The van der Waals surface area contributed by atoms with E-state index < -0.39 is 5.41 Å². The van der Waals surface area contributed by atoms with Crippen LogP contribution in [-0.4, -0.2) is 0 Å². The van der Waals surface area contributed by atoms with Crippen molar-refractivity contribution in [1.82, 2.24) is 0 Å². The highest BCUT2D eigenvalue weighted by molar-refractivity contribution is 7.26. The molecule has 0 radical (unpaired) electrons. The Bertz CT molecular complexity index is 4510. The Kier molecular flexibility index (Phi) is 10.7. The van der Waals surface area contributed by atoms with Gasteiger partial charge in [-0.3, -0.25) is 0 Å². The molecule has 0 N–H and O–H groups in total. The Morgan fingerprint density at radius 1 is 0.286 bits per heavy atom. The molecule has 0 saturated carbocycles. The summed E-state index contributed by atoms with van der Waals surface area (Å²) < 4.78 is 2.55. The van der Waals surface area contributed by atoms with Crippen molar-refractivity contribution in [3.05, 3.63) is 320 Å². The minimum atomic E-state index is -0.474. The zero-order valence-electron chi connectivity index (χ0n) is 42.1. The van der Waals surface area contributed by atoms with Crippen LogP contribution in [-0.2, 0) is 5.41 Å². The molecule has 0 unspecified atom stereocenters. The summed E-state index contributed by atoms with van der Waals surface area (Å²) in [6, 6.07) is 110. The summed E-state index contributed by atoms with van der Waals surface area (Å²) in [7, 11) is 0. The van der Waals surface area contributed by atoms with Gasteiger partial charge in [-0.05, 0) is 148 Å². The summed E-state index contributed by atoms with van der Waals surface area (Å²) in [4.78, 5) is 2.47. The Hall–Kier alpha value is -9.60. The third kappa shape index (κ3) is 7.36. The minimum absolute atomic E-state index is 0.474. The van der Waals surface area contributed by atoms with E-state index in [1.165, 1.54) is 120 Å². The average molecular weight is 996 g/mol. The van der Waals surface area contributed by atoms with Crippen LogP contribution < -0.4 is 4.90 Å². The largest absolute Gasteiger partial charge is 0.310 e. The molecule has 0 saturated heterocycles. The monoisotopic (exact) mass is 995 g/mol. The van der Waals surface area contributed by atoms with Crippen LogP contribution in [0.15, 0.2) is 297 Å². The zero-order chi connectivity index (χ0) is 50.9. The molecule has 0 bridgehead atoms. The van der Waals surface area contributed by atoms with Crippen LogP contribution >= 0.6 is 11.3 Å². The van der Waals surface area contributed by atoms with Crippen molar-refractivity contribution in [1.29, 1.82) is 0 Å². The lowest BCUT2D eigenvalue weighted by atomic mass is 9.67. The topological polar surface area (TPSA) is 3.24 Å². The van der Waals surface area contributed by atoms with Crippen molar-refractivity contribution < 1.29 is 0 Å². The molecule has 15 rings (SSSR count). The van der Waals surface area contributed by atoms with E-state index in [1.54, 1.807) is 0 Å². The molecule has 2 heteroatoms. The van der Waals surface area contributed by atoms with E-state index in [9.17, 15) is 0 Å². The fourth-order valence-electron chi connectivity index (χ4n) is 12.6. The molecule has 0 amide bonds. The molecule has 1 heterocycles. The van der Waals surface area contributed by atoms with E-state index in [0.29, 0.717) is 0 Å². The van der Waals surface area contributed by atoms with Crippen LogP contribution in [0.3, 0.4) is 0 Å². The van der Waals surface area contributed by atoms with Crippen LogP contribution in [0, 0.1) is 0 Å². The first-order valence-corrected chi connectivity index (χ1v) is 27.4. The van der Waals surface area contributed by atoms with E-state index in [-0.39, 0.29) is 0 Å². The van der Waals surface area contributed by atoms with Crippen LogP contribution in [0.1, 0.15) is 22.3 Å². The maximum Gasteiger partial charge on any atom is 0.0713 e. The van der Waals surface area contributed by atoms with Gasteiger partial charge in [-0.1, -0.05) is 243 Å². The number of fused-ring (bicyclic) bond motifs is 8. The van der Waals surface area contributed by atoms with E-state index in [4.69, 9.17) is 0 Å². The van der Waals surface area contributed by atoms with E-state index >= 15 is 0 Å². The summed E-state index contributed by atoms with van der Waals surface area (Å²) in [6.45, 7) is 0. The second kappa shape index (κ2) is 18.4. The smallest absolute Gasteiger partial charge is 0.0713 e. The van der Waals surface area contributed by atoms with E-state index in [1.807, 2.05) is 11.3 Å². The van der Waals surface area contributed by atoms with E-state index in [2.05, 4.69) is 302 Å². The fourth-order valence-corrected chi connectivity index (χ4v) is 13.8. The van der Waals surface area contributed by atoms with Gasteiger partial charge in [-0.15, -0.1) is 11.3 Å². The van der Waals surface area contributed by atoms with Gasteiger partial charge in [0.15, 0.2) is 0 Å². The second-order valence-corrected chi connectivity index (χ2v) is 21.4. The number of anilines is 3. The first-order chi connectivity index (χ1) is 38.2. The number of hydrogen-bond acceptors (Lipinski definition) is 2. The van der Waals surface area contributed by atoms with Gasteiger partial charge >= 0.3 is 0 Å². The zero-order valence-corrected chi connectivity index (χ0v) is 43.0. The SMILES string of the molecule is c1ccc(C2(c3ccccc3)c3ccccc3-c3ccc(-c4ccc(N(c5ccc(-c6cccc(-c7ccc8ccccc8c7)c6)cc5)c5ccc(-c6cccc7ccccc67)c6sc7ccccc7c56)cc4)cc32)cc1. The first-order valence-electron chi connectivity index (χ1n) is 26.6. The molecule has 1 aliphatic rings. The summed E-state index contributed by atoms with van der Waals surface area (Å²) in [5.74, 6) is 0. The highest BCUT2D eigenvalue weighted by Gasteiger charge is 2.46. The summed E-state index contributed by atoms with van der Waals surface area (Å²) >= 11 is 1.89. The molecule has 13 aromatic carbocycles. The normalized spacial score (nSPS) is 12.5. The maximum absolute atomic E-state index is 2.47. The fraction of sp³-hybridized carbons (Fsp3) is 0.0133. The van der Waals surface area contributed by atoms with Crippen LogP contribution in [0.4, 0.5) is 17.1 Å². The molecule has 14 aromatic rings. The van der Waals surface area contributed by atoms with Gasteiger partial charge in [-0.2, -0.15) is 0 Å². The lowest BCUT2D eigenvalue weighted by Gasteiger charge is -2.34. The number of benzene rings is 13. The average Bonchev–Trinajstić information content (AvgIpc) is 4.25. The third-order valence-electron chi connectivity index (χ3n) is 16.1. The number of hydrogen-bond donors (Lipinski definition) is 0. The van der Waals surface area contributed by atoms with Crippen molar-refractivity contribution in [2.75, 3.05) is 4.90 Å². The summed E-state index contributed by atoms with van der Waals surface area (Å²) in [6.07, 6.45) is 0. The molecule has 0 spiro atoms. The van der Waals surface area contributed by atoms with Crippen LogP contribution in [0.25, 0.3) is 97.4 Å². The molecule has 0 atom stereocenters. The standard InChI is InChI=1S/C75H49NS/c1-3-23-59(24-4-1)75(60-25-5-2-6-26-60)69-31-13-11-28-65(69)66-44-39-58(49-70(66)75)52-37-42-62(43-38-52)76(61-40-35-51(36-41-61)55-21-15-22-56(47-55)57-34-33-50-17-7-8-19-54(50)48-57)71-46-45-67(64-30-16-20-53-18-9-10-27-63(53)64)74-73(71)68-29-12-14-32-72(68)77-74/h1-49H. The molecule has 1 aromatic heterocycles. The number of rotatable bonds is 9. The molecule has 1 aliphatic carbocycles. The minimum Gasteiger partial charge on any atom is -0.310 e. The van der Waals surface area contributed by atoms with Crippen LogP contribution in [0.2, 0.25) is 0 Å². The van der Waals surface area contributed by atoms with E-state index in [0.717, 1.165) is 17.1 Å². The lowest BCUT2D eigenvalue weighted by Crippen LogP contribution is -2.28. The molecule has 1 nitrogen and oxygen atoms in total. The van der Waals surface area contributed by atoms with Gasteiger partial charge in [0.25, 0.3) is 0 Å². The van der Waals surface area contributed by atoms with Gasteiger partial charge in [0.2, 0.25) is 0 Å². The molecular formula is C75H49NS. The van der Waals surface area contributed by atoms with Gasteiger partial charge < -0.3 is 4.90 Å². The summed E-state index contributed by atoms with van der Waals surface area (Å²) in [5.41, 5.74) is 20.2. The Balaban J connectivity index is 0.881. The van der Waals surface area contributed by atoms with Crippen molar-refractivity contribution in [3.8, 4) is 55.6 Å². The highest BCUT2D eigenvalue weighted by atomic mass is 32.1. The van der Waals surface area contributed by atoms with Crippen molar-refractivity contribution in [2.24, 2.45) is 0 Å². The van der Waals surface area contributed by atoms with Gasteiger partial charge in [0.1, 0.15) is 0 Å². The molecular weight excluding hydrogens is 947 g/mol. The predicted octanol–water partition coefficient (Wildman–Crippen LogP) is 20.9. The van der Waals surface area contributed by atoms with Crippen molar-refractivity contribution >= 4 is 70.1 Å². The first kappa shape index (κ1) is 44.8. The third-order valence-corrected chi connectivity index (χ3v) is 17.4. The van der Waals surface area contributed by atoms with Gasteiger partial charge in [0, 0.05) is 37.1 Å². The van der Waals surface area contributed by atoms with Crippen LogP contribution in [0.5, 0.6) is 0 Å². The van der Waals surface area contributed by atoms with Gasteiger partial charge in [-0.25, -0.2) is 0 Å². The molecule has 360 valence electrons. The maximum atomic E-state index is 2.47. The Labute approximate surface area is 452 Å². The number of nitrogens with zero attached hydrogens (tertiary/aromatic N) is 1. The number of thiophene rings is 1. The Morgan fingerprint density at radius 2 is 0.792 bits per heavy atom. The lowest BCUT2D eigenvalue weighted by molar-refractivity contribution is 0.769. The predicted molar refractivity (Wildman–Crippen MR) is 328 cm³/mol. The molecule has 0 fully saturated rings. The summed E-state index contributed by atoms with van der Waals surface area (Å²) in [5, 5.41) is 7.51. The van der Waals surface area contributed by atoms with Crippen molar-refractivity contribution in [3.63, 3.8) is 0 Å². The Morgan fingerprint density at radius 3 is 1.53 bits per heavy atom. The van der Waals surface area contributed by atoms with Crippen molar-refractivity contribution in [2.45, 2.75) is 5.41 Å².